The second kappa shape index (κ2) is 9.76. The van der Waals surface area contributed by atoms with E-state index in [2.05, 4.69) is 91.5 Å². The third kappa shape index (κ3) is 4.31. The molecule has 0 aromatic heterocycles. The van der Waals surface area contributed by atoms with Crippen LogP contribution >= 0.6 is 0 Å². The van der Waals surface area contributed by atoms with E-state index < -0.39 is 0 Å². The monoisotopic (exact) mass is 401 g/mol. The van der Waals surface area contributed by atoms with Gasteiger partial charge in [0.05, 0.1) is 6.61 Å². The molecular weight excluding hydrogens is 366 g/mol. The van der Waals surface area contributed by atoms with Crippen LogP contribution in [0.15, 0.2) is 72.8 Å². The van der Waals surface area contributed by atoms with Crippen molar-refractivity contribution in [3.05, 3.63) is 83.9 Å². The lowest BCUT2D eigenvalue weighted by Crippen LogP contribution is -2.48. The average Bonchev–Trinajstić information content (AvgIpc) is 2.82. The molecule has 2 heteroatoms. The van der Waals surface area contributed by atoms with E-state index >= 15 is 0 Å². The number of hydrogen-bond donors (Lipinski definition) is 1. The molecule has 0 bridgehead atoms. The first kappa shape index (κ1) is 21.1. The Morgan fingerprint density at radius 1 is 0.933 bits per heavy atom. The second-order valence-electron chi connectivity index (χ2n) is 8.86. The molecule has 4 atom stereocenters. The highest BCUT2D eigenvalue weighted by Crippen LogP contribution is 2.40. The minimum Gasteiger partial charge on any atom is -0.395 e. The maximum absolute atomic E-state index is 10.3. The Balaban J connectivity index is 1.67. The Kier molecular flexibility index (Phi) is 6.86. The highest BCUT2D eigenvalue weighted by Gasteiger charge is 2.34. The van der Waals surface area contributed by atoms with Crippen molar-refractivity contribution in [1.29, 1.82) is 0 Å². The zero-order chi connectivity index (χ0) is 20.9. The Hall–Kier alpha value is -2.16. The Morgan fingerprint density at radius 3 is 2.43 bits per heavy atom. The summed E-state index contributed by atoms with van der Waals surface area (Å²) in [6, 6.07) is 27.3. The van der Waals surface area contributed by atoms with Crippen LogP contribution in [0.25, 0.3) is 10.8 Å². The molecule has 0 spiro atoms. The molecule has 1 N–H and O–H groups in total. The first-order valence-corrected chi connectivity index (χ1v) is 11.6. The van der Waals surface area contributed by atoms with Crippen LogP contribution in [0.5, 0.6) is 0 Å². The van der Waals surface area contributed by atoms with Gasteiger partial charge in [0.25, 0.3) is 0 Å². The zero-order valence-electron chi connectivity index (χ0n) is 18.4. The highest BCUT2D eigenvalue weighted by molar-refractivity contribution is 5.86. The van der Waals surface area contributed by atoms with Gasteiger partial charge in [0, 0.05) is 18.1 Å². The molecule has 1 aliphatic rings. The molecule has 3 aromatic rings. The van der Waals surface area contributed by atoms with Crippen molar-refractivity contribution in [1.82, 2.24) is 4.90 Å². The standard InChI is InChI=1S/C28H35NO/c1-3-25(20-30)29(21(2)27-18-10-14-23-13-7-8-17-28(23)27)26-16-9-15-24(19-26)22-11-5-4-6-12-22/h4-8,10-14,17-18,21,24-26,30H,3,9,15-16,19-20H2,1-2H3/t21-,24?,25+,26?/m1/s1. The number of rotatable bonds is 7. The van der Waals surface area contributed by atoms with Gasteiger partial charge in [-0.05, 0) is 60.4 Å². The summed E-state index contributed by atoms with van der Waals surface area (Å²) in [5.74, 6) is 0.614. The number of hydrogen-bond acceptors (Lipinski definition) is 2. The number of aliphatic hydroxyl groups excluding tert-OH is 1. The third-order valence-corrected chi connectivity index (χ3v) is 7.16. The zero-order valence-corrected chi connectivity index (χ0v) is 18.4. The third-order valence-electron chi connectivity index (χ3n) is 7.16. The van der Waals surface area contributed by atoms with Crippen LogP contribution in [0.1, 0.15) is 69.0 Å². The van der Waals surface area contributed by atoms with Crippen LogP contribution in [-0.2, 0) is 0 Å². The van der Waals surface area contributed by atoms with Gasteiger partial charge in [-0.2, -0.15) is 0 Å². The van der Waals surface area contributed by atoms with E-state index in [1.807, 2.05) is 0 Å². The summed E-state index contributed by atoms with van der Waals surface area (Å²) >= 11 is 0. The van der Waals surface area contributed by atoms with Gasteiger partial charge in [0.2, 0.25) is 0 Å². The SMILES string of the molecule is CC[C@@H](CO)N(C1CCCC(c2ccccc2)C1)[C@H](C)c1cccc2ccccc12. The molecule has 4 rings (SSSR count). The Bertz CT molecular complexity index is 928. The first-order chi connectivity index (χ1) is 14.7. The fourth-order valence-corrected chi connectivity index (χ4v) is 5.60. The van der Waals surface area contributed by atoms with Crippen LogP contribution in [0.4, 0.5) is 0 Å². The average molecular weight is 402 g/mol. The number of aliphatic hydroxyl groups is 1. The molecule has 0 saturated heterocycles. The normalized spacial score (nSPS) is 21.6. The summed E-state index contributed by atoms with van der Waals surface area (Å²) < 4.78 is 0. The van der Waals surface area contributed by atoms with Gasteiger partial charge in [-0.15, -0.1) is 0 Å². The van der Waals surface area contributed by atoms with Gasteiger partial charge >= 0.3 is 0 Å². The highest BCUT2D eigenvalue weighted by atomic mass is 16.3. The largest absolute Gasteiger partial charge is 0.395 e. The first-order valence-electron chi connectivity index (χ1n) is 11.6. The smallest absolute Gasteiger partial charge is 0.0587 e. The fraction of sp³-hybridized carbons (Fsp3) is 0.429. The predicted octanol–water partition coefficient (Wildman–Crippen LogP) is 6.70. The van der Waals surface area contributed by atoms with E-state index in [1.54, 1.807) is 0 Å². The summed E-state index contributed by atoms with van der Waals surface area (Å²) in [4.78, 5) is 2.65. The van der Waals surface area contributed by atoms with Gasteiger partial charge in [0.1, 0.15) is 0 Å². The lowest BCUT2D eigenvalue weighted by atomic mass is 9.79. The van der Waals surface area contributed by atoms with Crippen molar-refractivity contribution in [3.63, 3.8) is 0 Å². The van der Waals surface area contributed by atoms with Crippen molar-refractivity contribution < 1.29 is 5.11 Å². The summed E-state index contributed by atoms with van der Waals surface area (Å²) in [6.07, 6.45) is 5.89. The molecule has 30 heavy (non-hydrogen) atoms. The lowest BCUT2D eigenvalue weighted by molar-refractivity contribution is 0.0265. The maximum Gasteiger partial charge on any atom is 0.0587 e. The molecule has 1 saturated carbocycles. The van der Waals surface area contributed by atoms with Crippen molar-refractivity contribution in [2.75, 3.05) is 6.61 Å². The Labute approximate surface area is 181 Å². The van der Waals surface area contributed by atoms with E-state index in [0.29, 0.717) is 12.0 Å². The quantitative estimate of drug-likeness (QED) is 0.476. The van der Waals surface area contributed by atoms with Gasteiger partial charge in [-0.1, -0.05) is 86.1 Å². The van der Waals surface area contributed by atoms with Crippen LogP contribution in [0.2, 0.25) is 0 Å². The summed E-state index contributed by atoms with van der Waals surface area (Å²) in [7, 11) is 0. The molecule has 1 aliphatic carbocycles. The van der Waals surface area contributed by atoms with Crippen LogP contribution in [0.3, 0.4) is 0 Å². The van der Waals surface area contributed by atoms with E-state index in [-0.39, 0.29) is 18.7 Å². The predicted molar refractivity (Wildman–Crippen MR) is 127 cm³/mol. The van der Waals surface area contributed by atoms with Gasteiger partial charge < -0.3 is 5.11 Å². The van der Waals surface area contributed by atoms with Gasteiger partial charge in [-0.25, -0.2) is 0 Å². The molecule has 0 radical (unpaired) electrons. The molecular formula is C28H35NO. The van der Waals surface area contributed by atoms with E-state index in [0.717, 1.165) is 6.42 Å². The van der Waals surface area contributed by atoms with Crippen molar-refractivity contribution in [2.24, 2.45) is 0 Å². The summed E-state index contributed by atoms with van der Waals surface area (Å²) in [5, 5.41) is 12.9. The summed E-state index contributed by atoms with van der Waals surface area (Å²) in [5.41, 5.74) is 2.85. The molecule has 2 nitrogen and oxygen atoms in total. The minimum absolute atomic E-state index is 0.193. The second-order valence-corrected chi connectivity index (χ2v) is 8.86. The minimum atomic E-state index is 0.193. The summed E-state index contributed by atoms with van der Waals surface area (Å²) in [6.45, 7) is 4.77. The van der Waals surface area contributed by atoms with E-state index in [1.165, 1.54) is 47.6 Å². The van der Waals surface area contributed by atoms with E-state index in [9.17, 15) is 5.11 Å². The number of nitrogens with zero attached hydrogens (tertiary/aromatic N) is 1. The maximum atomic E-state index is 10.3. The Morgan fingerprint density at radius 2 is 1.67 bits per heavy atom. The van der Waals surface area contributed by atoms with Crippen molar-refractivity contribution >= 4 is 10.8 Å². The molecule has 2 unspecified atom stereocenters. The van der Waals surface area contributed by atoms with Crippen molar-refractivity contribution in [3.8, 4) is 0 Å². The molecule has 1 fully saturated rings. The number of benzene rings is 3. The fourth-order valence-electron chi connectivity index (χ4n) is 5.60. The van der Waals surface area contributed by atoms with Crippen LogP contribution in [0, 0.1) is 0 Å². The van der Waals surface area contributed by atoms with E-state index in [4.69, 9.17) is 0 Å². The lowest BCUT2D eigenvalue weighted by Gasteiger charge is -2.45. The molecule has 0 amide bonds. The molecule has 3 aromatic carbocycles. The van der Waals surface area contributed by atoms with Gasteiger partial charge in [-0.3, -0.25) is 4.90 Å². The molecule has 0 aliphatic heterocycles. The topological polar surface area (TPSA) is 23.5 Å². The molecule has 0 heterocycles. The van der Waals surface area contributed by atoms with Crippen LogP contribution < -0.4 is 0 Å². The van der Waals surface area contributed by atoms with Gasteiger partial charge in [0.15, 0.2) is 0 Å². The molecule has 158 valence electrons. The van der Waals surface area contributed by atoms with Crippen molar-refractivity contribution in [2.45, 2.75) is 70.0 Å². The number of fused-ring (bicyclic) bond motifs is 1. The van der Waals surface area contributed by atoms with Crippen LogP contribution in [-0.4, -0.2) is 28.7 Å².